The predicted octanol–water partition coefficient (Wildman–Crippen LogP) is 5.99. The summed E-state index contributed by atoms with van der Waals surface area (Å²) in [5, 5.41) is 0. The molecule has 152 valence electrons. The summed E-state index contributed by atoms with van der Waals surface area (Å²) in [7, 11) is 3.29. The van der Waals surface area contributed by atoms with Crippen molar-refractivity contribution in [3.8, 4) is 23.0 Å². The van der Waals surface area contributed by atoms with Gasteiger partial charge in [0, 0.05) is 5.41 Å². The third kappa shape index (κ3) is 5.52. The van der Waals surface area contributed by atoms with Gasteiger partial charge >= 0.3 is 0 Å². The molecule has 0 aliphatic rings. The van der Waals surface area contributed by atoms with Crippen LogP contribution in [0.15, 0.2) is 72.8 Å². The molecule has 0 bridgehead atoms. The van der Waals surface area contributed by atoms with Crippen molar-refractivity contribution in [2.45, 2.75) is 25.9 Å². The van der Waals surface area contributed by atoms with Crippen molar-refractivity contribution in [1.82, 2.24) is 0 Å². The molecule has 0 saturated heterocycles. The molecule has 3 rings (SSSR count). The van der Waals surface area contributed by atoms with E-state index in [0.717, 1.165) is 34.1 Å². The number of rotatable bonds is 9. The van der Waals surface area contributed by atoms with Gasteiger partial charge in [0.2, 0.25) is 0 Å². The second-order valence-electron chi connectivity index (χ2n) is 7.51. The number of para-hydroxylation sites is 1. The highest BCUT2D eigenvalue weighted by molar-refractivity contribution is 5.45. The van der Waals surface area contributed by atoms with E-state index in [9.17, 15) is 0 Å². The van der Waals surface area contributed by atoms with E-state index in [1.807, 2.05) is 66.7 Å². The molecule has 0 atom stereocenters. The van der Waals surface area contributed by atoms with E-state index in [1.165, 1.54) is 0 Å². The highest BCUT2D eigenvalue weighted by Gasteiger charge is 2.22. The molecule has 3 aromatic rings. The minimum Gasteiger partial charge on any atom is -0.493 e. The fourth-order valence-electron chi connectivity index (χ4n) is 3.09. The lowest BCUT2D eigenvalue weighted by Gasteiger charge is -2.26. The zero-order chi connectivity index (χ0) is 20.7. The highest BCUT2D eigenvalue weighted by Crippen LogP contribution is 2.33. The topological polar surface area (TPSA) is 36.9 Å². The number of hydrogen-bond acceptors (Lipinski definition) is 4. The van der Waals surface area contributed by atoms with Crippen LogP contribution in [-0.4, -0.2) is 20.8 Å². The zero-order valence-corrected chi connectivity index (χ0v) is 17.5. The van der Waals surface area contributed by atoms with Crippen molar-refractivity contribution >= 4 is 0 Å². The summed E-state index contributed by atoms with van der Waals surface area (Å²) in [4.78, 5) is 0. The van der Waals surface area contributed by atoms with Gasteiger partial charge in [-0.25, -0.2) is 0 Å². The third-order valence-corrected chi connectivity index (χ3v) is 4.77. The fraction of sp³-hybridized carbons (Fsp3) is 0.280. The van der Waals surface area contributed by atoms with Crippen LogP contribution in [0.1, 0.15) is 25.0 Å². The Labute approximate surface area is 173 Å². The number of benzene rings is 3. The molecule has 3 aromatic carbocycles. The second kappa shape index (κ2) is 9.48. The molecule has 0 heterocycles. The predicted molar refractivity (Wildman–Crippen MR) is 115 cm³/mol. The summed E-state index contributed by atoms with van der Waals surface area (Å²) in [5.74, 6) is 3.07. The van der Waals surface area contributed by atoms with Crippen LogP contribution in [0.3, 0.4) is 0 Å². The lowest BCUT2D eigenvalue weighted by atomic mass is 9.85. The number of ether oxygens (including phenoxy) is 4. The summed E-state index contributed by atoms with van der Waals surface area (Å²) in [6, 6.07) is 23.7. The van der Waals surface area contributed by atoms with E-state index in [2.05, 4.69) is 19.9 Å². The van der Waals surface area contributed by atoms with Crippen LogP contribution in [0.2, 0.25) is 0 Å². The average molecular weight is 392 g/mol. The summed E-state index contributed by atoms with van der Waals surface area (Å²) >= 11 is 0. The Kier molecular flexibility index (Phi) is 6.78. The summed E-state index contributed by atoms with van der Waals surface area (Å²) < 4.78 is 22.7. The van der Waals surface area contributed by atoms with E-state index >= 15 is 0 Å². The van der Waals surface area contributed by atoms with Crippen LogP contribution < -0.4 is 14.2 Å². The van der Waals surface area contributed by atoms with Crippen LogP contribution in [-0.2, 0) is 16.8 Å². The van der Waals surface area contributed by atoms with Gasteiger partial charge in [-0.1, -0.05) is 50.2 Å². The molecule has 0 radical (unpaired) electrons. The van der Waals surface area contributed by atoms with Gasteiger partial charge in [-0.15, -0.1) is 0 Å². The first-order valence-electron chi connectivity index (χ1n) is 9.64. The Morgan fingerprint density at radius 2 is 1.45 bits per heavy atom. The highest BCUT2D eigenvalue weighted by atomic mass is 16.5. The molecule has 0 saturated carbocycles. The van der Waals surface area contributed by atoms with Gasteiger partial charge in [0.05, 0.1) is 27.4 Å². The molecule has 0 aliphatic carbocycles. The molecule has 0 aliphatic heterocycles. The standard InChI is InChI=1S/C25H28O4/c1-25(2,20-13-14-23(26-3)24(16-20)27-4)18-28-17-19-9-8-12-22(15-19)29-21-10-6-5-7-11-21/h5-16H,17-18H2,1-4H3. The second-order valence-corrected chi connectivity index (χ2v) is 7.51. The minimum absolute atomic E-state index is 0.169. The van der Waals surface area contributed by atoms with Gasteiger partial charge in [-0.2, -0.15) is 0 Å². The van der Waals surface area contributed by atoms with Gasteiger partial charge in [0.1, 0.15) is 11.5 Å². The molecule has 0 fully saturated rings. The molecule has 0 unspecified atom stereocenters. The first-order chi connectivity index (χ1) is 14.0. The quantitative estimate of drug-likeness (QED) is 0.448. The van der Waals surface area contributed by atoms with Crippen LogP contribution >= 0.6 is 0 Å². The maximum Gasteiger partial charge on any atom is 0.161 e. The van der Waals surface area contributed by atoms with Crippen LogP contribution in [0.5, 0.6) is 23.0 Å². The Morgan fingerprint density at radius 1 is 0.724 bits per heavy atom. The SMILES string of the molecule is COc1ccc(C(C)(C)COCc2cccc(Oc3ccccc3)c2)cc1OC. The van der Waals surface area contributed by atoms with Gasteiger partial charge in [0.25, 0.3) is 0 Å². The summed E-state index contributed by atoms with van der Waals surface area (Å²) in [6.45, 7) is 5.40. The van der Waals surface area contributed by atoms with Crippen molar-refractivity contribution < 1.29 is 18.9 Å². The Bertz CT molecular complexity index is 919. The Hall–Kier alpha value is -2.98. The third-order valence-electron chi connectivity index (χ3n) is 4.77. The molecule has 0 amide bonds. The average Bonchev–Trinajstić information content (AvgIpc) is 2.74. The summed E-state index contributed by atoms with van der Waals surface area (Å²) in [6.07, 6.45) is 0. The molecule has 0 aromatic heterocycles. The van der Waals surface area contributed by atoms with E-state index in [0.29, 0.717) is 13.2 Å². The van der Waals surface area contributed by atoms with Gasteiger partial charge in [-0.05, 0) is 47.5 Å². The largest absolute Gasteiger partial charge is 0.493 e. The number of hydrogen-bond donors (Lipinski definition) is 0. The van der Waals surface area contributed by atoms with E-state index < -0.39 is 0 Å². The van der Waals surface area contributed by atoms with Crippen molar-refractivity contribution in [2.75, 3.05) is 20.8 Å². The minimum atomic E-state index is -0.169. The monoisotopic (exact) mass is 392 g/mol. The van der Waals surface area contributed by atoms with Gasteiger partial charge < -0.3 is 18.9 Å². The first kappa shape index (κ1) is 20.7. The zero-order valence-electron chi connectivity index (χ0n) is 17.5. The van der Waals surface area contributed by atoms with E-state index in [-0.39, 0.29) is 5.41 Å². The molecular weight excluding hydrogens is 364 g/mol. The molecule has 0 N–H and O–H groups in total. The van der Waals surface area contributed by atoms with Crippen molar-refractivity contribution in [3.63, 3.8) is 0 Å². The Balaban J connectivity index is 1.61. The lowest BCUT2D eigenvalue weighted by Crippen LogP contribution is -2.24. The van der Waals surface area contributed by atoms with Crippen LogP contribution in [0, 0.1) is 0 Å². The lowest BCUT2D eigenvalue weighted by molar-refractivity contribution is 0.0823. The van der Waals surface area contributed by atoms with Crippen LogP contribution in [0.4, 0.5) is 0 Å². The maximum atomic E-state index is 6.05. The number of methoxy groups -OCH3 is 2. The first-order valence-corrected chi connectivity index (χ1v) is 9.64. The van der Waals surface area contributed by atoms with Crippen molar-refractivity contribution in [2.24, 2.45) is 0 Å². The maximum absolute atomic E-state index is 6.05. The van der Waals surface area contributed by atoms with Gasteiger partial charge in [0.15, 0.2) is 11.5 Å². The van der Waals surface area contributed by atoms with E-state index in [1.54, 1.807) is 14.2 Å². The molecule has 0 spiro atoms. The Morgan fingerprint density at radius 3 is 2.17 bits per heavy atom. The molecule has 29 heavy (non-hydrogen) atoms. The van der Waals surface area contributed by atoms with Crippen LogP contribution in [0.25, 0.3) is 0 Å². The molecular formula is C25H28O4. The molecule has 4 heteroatoms. The van der Waals surface area contributed by atoms with Gasteiger partial charge in [-0.3, -0.25) is 0 Å². The smallest absolute Gasteiger partial charge is 0.161 e. The normalized spacial score (nSPS) is 11.2. The van der Waals surface area contributed by atoms with E-state index in [4.69, 9.17) is 18.9 Å². The van der Waals surface area contributed by atoms with Crippen molar-refractivity contribution in [3.05, 3.63) is 83.9 Å². The fourth-order valence-corrected chi connectivity index (χ4v) is 3.09. The molecule has 4 nitrogen and oxygen atoms in total. The summed E-state index contributed by atoms with van der Waals surface area (Å²) in [5.41, 5.74) is 2.04. The van der Waals surface area contributed by atoms with Crippen molar-refractivity contribution in [1.29, 1.82) is 0 Å².